The van der Waals surface area contributed by atoms with E-state index < -0.39 is 10.8 Å². The molecular weight excluding hydrogens is 298 g/mol. The summed E-state index contributed by atoms with van der Waals surface area (Å²) in [6.45, 7) is 2.33. The van der Waals surface area contributed by atoms with Crippen molar-refractivity contribution in [3.63, 3.8) is 0 Å². The van der Waals surface area contributed by atoms with E-state index in [2.05, 4.69) is 5.32 Å². The Labute approximate surface area is 128 Å². The summed E-state index contributed by atoms with van der Waals surface area (Å²) < 4.78 is 4.95. The van der Waals surface area contributed by atoms with Crippen molar-refractivity contribution < 1.29 is 14.5 Å². The van der Waals surface area contributed by atoms with Crippen LogP contribution in [0.15, 0.2) is 18.2 Å². The highest BCUT2D eigenvalue weighted by molar-refractivity contribution is 6.33. The summed E-state index contributed by atoms with van der Waals surface area (Å²) in [7, 11) is 3.51. The van der Waals surface area contributed by atoms with Crippen molar-refractivity contribution in [3.05, 3.63) is 38.9 Å². The Morgan fingerprint density at radius 2 is 2.19 bits per heavy atom. The van der Waals surface area contributed by atoms with E-state index in [1.165, 1.54) is 18.2 Å². The molecule has 116 valence electrons. The van der Waals surface area contributed by atoms with Crippen molar-refractivity contribution in [3.8, 4) is 0 Å². The zero-order valence-corrected chi connectivity index (χ0v) is 12.7. The lowest BCUT2D eigenvalue weighted by Crippen LogP contribution is -2.34. The van der Waals surface area contributed by atoms with Crippen LogP contribution in [0.25, 0.3) is 0 Å². The van der Waals surface area contributed by atoms with Gasteiger partial charge in [-0.1, -0.05) is 17.7 Å². The number of para-hydroxylation sites is 1. The number of hydrogen-bond acceptors (Lipinski definition) is 5. The Morgan fingerprint density at radius 3 is 2.81 bits per heavy atom. The minimum absolute atomic E-state index is 0.0351. The number of benzene rings is 1. The van der Waals surface area contributed by atoms with Crippen LogP contribution in [0.1, 0.15) is 10.4 Å². The van der Waals surface area contributed by atoms with E-state index in [9.17, 15) is 14.9 Å². The van der Waals surface area contributed by atoms with E-state index in [1.54, 1.807) is 7.11 Å². The average Bonchev–Trinajstić information content (AvgIpc) is 2.44. The first kappa shape index (κ1) is 17.4. The summed E-state index contributed by atoms with van der Waals surface area (Å²) >= 11 is 5.77. The number of likely N-dealkylation sites (N-methyl/N-ethyl adjacent to an activating group) is 1. The molecule has 0 fully saturated rings. The van der Waals surface area contributed by atoms with E-state index in [1.807, 2.05) is 11.9 Å². The molecule has 1 N–H and O–H groups in total. The van der Waals surface area contributed by atoms with Gasteiger partial charge >= 0.3 is 5.69 Å². The summed E-state index contributed by atoms with van der Waals surface area (Å²) in [6.07, 6.45) is 0. The molecule has 0 saturated heterocycles. The van der Waals surface area contributed by atoms with Gasteiger partial charge in [0.25, 0.3) is 5.91 Å². The molecule has 0 unspecified atom stereocenters. The van der Waals surface area contributed by atoms with Gasteiger partial charge in [0.1, 0.15) is 10.6 Å². The maximum atomic E-state index is 12.0. The largest absolute Gasteiger partial charge is 0.383 e. The molecule has 1 rings (SSSR count). The highest BCUT2D eigenvalue weighted by Gasteiger charge is 2.23. The van der Waals surface area contributed by atoms with Gasteiger partial charge in [-0.05, 0) is 19.2 Å². The number of carbonyl (C=O) groups excluding carboxylic acids is 1. The number of methoxy groups -OCH3 is 1. The number of halogens is 1. The molecule has 0 bridgehead atoms. The highest BCUT2D eigenvalue weighted by atomic mass is 35.5. The third-order valence-corrected chi connectivity index (χ3v) is 3.18. The van der Waals surface area contributed by atoms with Crippen LogP contribution in [-0.4, -0.2) is 56.1 Å². The fourth-order valence-electron chi connectivity index (χ4n) is 1.70. The number of nitro groups is 1. The number of carbonyl (C=O) groups is 1. The zero-order valence-electron chi connectivity index (χ0n) is 12.0. The molecule has 0 aliphatic rings. The standard InChI is InChI=1S/C13H18ClN3O4/c1-16(8-9-21-2)7-6-15-13(18)10-4-3-5-11(14)12(10)17(19)20/h3-5H,6-9H2,1-2H3,(H,15,18). The van der Waals surface area contributed by atoms with Crippen LogP contribution in [0.4, 0.5) is 5.69 Å². The quantitative estimate of drug-likeness (QED) is 0.581. The fourth-order valence-corrected chi connectivity index (χ4v) is 1.94. The normalized spacial score (nSPS) is 10.7. The fraction of sp³-hybridized carbons (Fsp3) is 0.462. The second kappa shape index (κ2) is 8.56. The van der Waals surface area contributed by atoms with Gasteiger partial charge in [0.2, 0.25) is 0 Å². The van der Waals surface area contributed by atoms with Crippen LogP contribution in [0.3, 0.4) is 0 Å². The van der Waals surface area contributed by atoms with Gasteiger partial charge in [0.15, 0.2) is 0 Å². The van der Waals surface area contributed by atoms with Crippen LogP contribution >= 0.6 is 11.6 Å². The Morgan fingerprint density at radius 1 is 1.48 bits per heavy atom. The predicted molar refractivity (Wildman–Crippen MR) is 79.8 cm³/mol. The molecular formula is C13H18ClN3O4. The van der Waals surface area contributed by atoms with Gasteiger partial charge in [-0.2, -0.15) is 0 Å². The van der Waals surface area contributed by atoms with Crippen molar-refractivity contribution in [2.75, 3.05) is 40.4 Å². The van der Waals surface area contributed by atoms with Crippen molar-refractivity contribution >= 4 is 23.2 Å². The van der Waals surface area contributed by atoms with E-state index >= 15 is 0 Å². The predicted octanol–water partition coefficient (Wildman–Crippen LogP) is 1.56. The van der Waals surface area contributed by atoms with Gasteiger partial charge in [-0.3, -0.25) is 14.9 Å². The molecule has 0 aliphatic carbocycles. The summed E-state index contributed by atoms with van der Waals surface area (Å²) in [6, 6.07) is 4.28. The van der Waals surface area contributed by atoms with Gasteiger partial charge in [0, 0.05) is 26.7 Å². The minimum atomic E-state index is -0.651. The number of nitro benzene ring substituents is 1. The van der Waals surface area contributed by atoms with Crippen molar-refractivity contribution in [2.24, 2.45) is 0 Å². The molecule has 1 aromatic rings. The minimum Gasteiger partial charge on any atom is -0.383 e. The van der Waals surface area contributed by atoms with Crippen LogP contribution in [0.2, 0.25) is 5.02 Å². The molecule has 7 nitrogen and oxygen atoms in total. The second-order valence-electron chi connectivity index (χ2n) is 4.45. The Hall–Kier alpha value is -1.70. The number of rotatable bonds is 8. The highest BCUT2D eigenvalue weighted by Crippen LogP contribution is 2.27. The lowest BCUT2D eigenvalue weighted by molar-refractivity contribution is -0.385. The molecule has 0 heterocycles. The monoisotopic (exact) mass is 315 g/mol. The van der Waals surface area contributed by atoms with Crippen molar-refractivity contribution in [1.29, 1.82) is 0 Å². The lowest BCUT2D eigenvalue weighted by atomic mass is 10.1. The molecule has 0 aliphatic heterocycles. The Balaban J connectivity index is 2.61. The first-order valence-corrected chi connectivity index (χ1v) is 6.73. The maximum absolute atomic E-state index is 12.0. The van der Waals surface area contributed by atoms with E-state index in [-0.39, 0.29) is 16.3 Å². The van der Waals surface area contributed by atoms with E-state index in [0.717, 1.165) is 6.54 Å². The second-order valence-corrected chi connectivity index (χ2v) is 4.85. The Bertz CT molecular complexity index is 510. The average molecular weight is 316 g/mol. The SMILES string of the molecule is COCCN(C)CCNC(=O)c1cccc(Cl)c1[N+](=O)[O-]. The van der Waals surface area contributed by atoms with Crippen molar-refractivity contribution in [2.45, 2.75) is 0 Å². The summed E-state index contributed by atoms with van der Waals surface area (Å²) in [5.41, 5.74) is -0.406. The molecule has 0 radical (unpaired) electrons. The van der Waals surface area contributed by atoms with Gasteiger partial charge in [0.05, 0.1) is 11.5 Å². The smallest absolute Gasteiger partial charge is 0.300 e. The van der Waals surface area contributed by atoms with Gasteiger partial charge in [-0.25, -0.2) is 0 Å². The van der Waals surface area contributed by atoms with E-state index in [4.69, 9.17) is 16.3 Å². The van der Waals surface area contributed by atoms with Crippen molar-refractivity contribution in [1.82, 2.24) is 10.2 Å². The molecule has 8 heteroatoms. The molecule has 0 aromatic heterocycles. The summed E-state index contributed by atoms with van der Waals surface area (Å²) in [5, 5.41) is 13.6. The molecule has 1 amide bonds. The lowest BCUT2D eigenvalue weighted by Gasteiger charge is -2.16. The summed E-state index contributed by atoms with van der Waals surface area (Å²) in [5.74, 6) is -0.510. The third-order valence-electron chi connectivity index (χ3n) is 2.87. The summed E-state index contributed by atoms with van der Waals surface area (Å²) in [4.78, 5) is 24.3. The number of nitrogens with zero attached hydrogens (tertiary/aromatic N) is 2. The molecule has 1 aromatic carbocycles. The maximum Gasteiger partial charge on any atom is 0.300 e. The van der Waals surface area contributed by atoms with Crippen LogP contribution in [0, 0.1) is 10.1 Å². The molecule has 0 saturated carbocycles. The number of nitrogens with one attached hydrogen (secondary N) is 1. The number of ether oxygens (including phenoxy) is 1. The molecule has 0 atom stereocenters. The topological polar surface area (TPSA) is 84.7 Å². The van der Waals surface area contributed by atoms with E-state index in [0.29, 0.717) is 19.7 Å². The molecule has 21 heavy (non-hydrogen) atoms. The number of amides is 1. The van der Waals surface area contributed by atoms with Crippen LogP contribution in [-0.2, 0) is 4.74 Å². The third kappa shape index (κ3) is 5.30. The Kier molecular flexibility index (Phi) is 7.07. The first-order chi connectivity index (χ1) is 9.97. The van der Waals surface area contributed by atoms with Gasteiger partial charge < -0.3 is 15.0 Å². The van der Waals surface area contributed by atoms with Crippen LogP contribution in [0.5, 0.6) is 0 Å². The first-order valence-electron chi connectivity index (χ1n) is 6.36. The number of hydrogen-bond donors (Lipinski definition) is 1. The molecule has 0 spiro atoms. The zero-order chi connectivity index (χ0) is 15.8. The van der Waals surface area contributed by atoms with Gasteiger partial charge in [-0.15, -0.1) is 0 Å². The van der Waals surface area contributed by atoms with Crippen LogP contribution < -0.4 is 5.32 Å².